The summed E-state index contributed by atoms with van der Waals surface area (Å²) in [5, 5.41) is 1.03. The first kappa shape index (κ1) is 13.8. The molecule has 0 unspecified atom stereocenters. The minimum absolute atomic E-state index is 0.418. The highest BCUT2D eigenvalue weighted by Gasteiger charge is 2.15. The number of rotatable bonds is 4. The van der Waals surface area contributed by atoms with Gasteiger partial charge in [0.2, 0.25) is 5.95 Å². The average molecular weight is 303 g/mol. The van der Waals surface area contributed by atoms with Gasteiger partial charge in [0.1, 0.15) is 22.2 Å². The molecule has 0 aliphatic heterocycles. The second-order valence-electron chi connectivity index (χ2n) is 4.96. The zero-order valence-corrected chi connectivity index (χ0v) is 13.0. The van der Waals surface area contributed by atoms with Crippen LogP contribution in [0.2, 0.25) is 0 Å². The zero-order chi connectivity index (χ0) is 15.0. The summed E-state index contributed by atoms with van der Waals surface area (Å²) in [6.45, 7) is 4.63. The number of hydrogen-bond donors (Lipinski definition) is 2. The number of aromatic nitrogens is 2. The van der Waals surface area contributed by atoms with E-state index in [0.29, 0.717) is 12.5 Å². The van der Waals surface area contributed by atoms with Crippen molar-refractivity contribution in [3.63, 3.8) is 0 Å². The van der Waals surface area contributed by atoms with Crippen molar-refractivity contribution >= 4 is 33.3 Å². The van der Waals surface area contributed by atoms with E-state index in [2.05, 4.69) is 28.4 Å². The van der Waals surface area contributed by atoms with Gasteiger partial charge in [-0.1, -0.05) is 0 Å². The molecule has 7 heteroatoms. The van der Waals surface area contributed by atoms with Crippen LogP contribution in [0.15, 0.2) is 22.6 Å². The highest BCUT2D eigenvalue weighted by molar-refractivity contribution is 7.18. The van der Waals surface area contributed by atoms with Gasteiger partial charge >= 0.3 is 0 Å². The molecule has 0 fully saturated rings. The van der Waals surface area contributed by atoms with Crippen molar-refractivity contribution in [3.05, 3.63) is 34.6 Å². The average Bonchev–Trinajstić information content (AvgIpc) is 3.02. The van der Waals surface area contributed by atoms with E-state index < -0.39 is 0 Å². The van der Waals surface area contributed by atoms with Crippen LogP contribution in [0, 0.1) is 13.8 Å². The summed E-state index contributed by atoms with van der Waals surface area (Å²) in [6.07, 6.45) is 0. The fourth-order valence-electron chi connectivity index (χ4n) is 2.26. The summed E-state index contributed by atoms with van der Waals surface area (Å²) < 4.78 is 5.63. The van der Waals surface area contributed by atoms with E-state index in [1.807, 2.05) is 31.0 Å². The van der Waals surface area contributed by atoms with Crippen molar-refractivity contribution in [1.82, 2.24) is 9.97 Å². The van der Waals surface area contributed by atoms with Crippen LogP contribution in [-0.4, -0.2) is 17.0 Å². The molecule has 0 bridgehead atoms. The first-order valence-electron chi connectivity index (χ1n) is 6.58. The molecule has 21 heavy (non-hydrogen) atoms. The van der Waals surface area contributed by atoms with E-state index in [-0.39, 0.29) is 0 Å². The Morgan fingerprint density at radius 3 is 2.81 bits per heavy atom. The molecule has 3 heterocycles. The van der Waals surface area contributed by atoms with Gasteiger partial charge in [0, 0.05) is 11.9 Å². The number of aryl methyl sites for hydroxylation is 2. The molecule has 0 saturated heterocycles. The molecule has 6 nitrogen and oxygen atoms in total. The van der Waals surface area contributed by atoms with Gasteiger partial charge in [-0.15, -0.1) is 11.3 Å². The van der Waals surface area contributed by atoms with E-state index in [0.717, 1.165) is 27.6 Å². The van der Waals surface area contributed by atoms with Gasteiger partial charge in [-0.05, 0) is 32.0 Å². The molecular formula is C14H17N5OS. The van der Waals surface area contributed by atoms with Crippen LogP contribution in [0.3, 0.4) is 0 Å². The van der Waals surface area contributed by atoms with E-state index in [9.17, 15) is 0 Å². The maximum Gasteiger partial charge on any atom is 0.240 e. The van der Waals surface area contributed by atoms with Gasteiger partial charge in [-0.2, -0.15) is 4.98 Å². The normalized spacial score (nSPS) is 11.0. The monoisotopic (exact) mass is 303 g/mol. The summed E-state index contributed by atoms with van der Waals surface area (Å²) in [4.78, 5) is 13.0. The van der Waals surface area contributed by atoms with Gasteiger partial charge in [0.05, 0.1) is 11.9 Å². The maximum absolute atomic E-state index is 5.63. The summed E-state index contributed by atoms with van der Waals surface area (Å²) in [6, 6.07) is 6.03. The van der Waals surface area contributed by atoms with Crippen LogP contribution < -0.4 is 16.2 Å². The van der Waals surface area contributed by atoms with Crippen LogP contribution in [0.25, 0.3) is 10.2 Å². The fourth-order valence-corrected chi connectivity index (χ4v) is 3.14. The summed E-state index contributed by atoms with van der Waals surface area (Å²) in [5.74, 6) is 8.53. The Balaban J connectivity index is 2.01. The molecule has 110 valence electrons. The van der Waals surface area contributed by atoms with Crippen molar-refractivity contribution in [3.8, 4) is 0 Å². The lowest BCUT2D eigenvalue weighted by molar-refractivity contribution is 0.481. The van der Waals surface area contributed by atoms with Crippen molar-refractivity contribution in [2.75, 3.05) is 17.4 Å². The Hall–Kier alpha value is -2.12. The van der Waals surface area contributed by atoms with Crippen LogP contribution in [-0.2, 0) is 6.54 Å². The van der Waals surface area contributed by atoms with E-state index in [1.165, 1.54) is 4.88 Å². The van der Waals surface area contributed by atoms with Crippen LogP contribution in [0.5, 0.6) is 0 Å². The van der Waals surface area contributed by atoms with Gasteiger partial charge in [-0.3, -0.25) is 5.43 Å². The van der Waals surface area contributed by atoms with Gasteiger partial charge in [0.15, 0.2) is 0 Å². The largest absolute Gasteiger partial charge is 0.464 e. The number of nitrogens with two attached hydrogens (primary N) is 1. The first-order valence-corrected chi connectivity index (χ1v) is 7.39. The lowest BCUT2D eigenvalue weighted by Gasteiger charge is -2.18. The first-order chi connectivity index (χ1) is 10.1. The van der Waals surface area contributed by atoms with E-state index >= 15 is 0 Å². The summed E-state index contributed by atoms with van der Waals surface area (Å²) in [5.41, 5.74) is 2.53. The molecule has 0 aromatic carbocycles. The fraction of sp³-hybridized carbons (Fsp3) is 0.286. The molecule has 0 saturated carbocycles. The molecule has 0 atom stereocenters. The molecule has 0 amide bonds. The Morgan fingerprint density at radius 2 is 2.14 bits per heavy atom. The molecular weight excluding hydrogens is 286 g/mol. The van der Waals surface area contributed by atoms with E-state index in [4.69, 9.17) is 10.3 Å². The Kier molecular flexibility index (Phi) is 3.52. The Bertz CT molecular complexity index is 779. The second kappa shape index (κ2) is 5.34. The van der Waals surface area contributed by atoms with Gasteiger partial charge in [0.25, 0.3) is 0 Å². The minimum atomic E-state index is 0.418. The quantitative estimate of drug-likeness (QED) is 0.570. The molecule has 0 radical (unpaired) electrons. The summed E-state index contributed by atoms with van der Waals surface area (Å²) in [7, 11) is 1.98. The topological polar surface area (TPSA) is 80.2 Å². The van der Waals surface area contributed by atoms with Crippen LogP contribution >= 0.6 is 11.3 Å². The van der Waals surface area contributed by atoms with Crippen molar-refractivity contribution in [1.29, 1.82) is 0 Å². The second-order valence-corrected chi connectivity index (χ2v) is 6.19. The molecule has 0 aliphatic rings. The highest BCUT2D eigenvalue weighted by Crippen LogP contribution is 2.31. The maximum atomic E-state index is 5.63. The number of anilines is 2. The van der Waals surface area contributed by atoms with Crippen LogP contribution in [0.4, 0.5) is 11.8 Å². The van der Waals surface area contributed by atoms with Crippen molar-refractivity contribution in [2.45, 2.75) is 20.4 Å². The van der Waals surface area contributed by atoms with Crippen LogP contribution in [0.1, 0.15) is 16.4 Å². The molecule has 3 N–H and O–H groups in total. The highest BCUT2D eigenvalue weighted by atomic mass is 32.1. The zero-order valence-electron chi connectivity index (χ0n) is 12.2. The van der Waals surface area contributed by atoms with Gasteiger partial charge < -0.3 is 9.32 Å². The third kappa shape index (κ3) is 2.70. The van der Waals surface area contributed by atoms with E-state index in [1.54, 1.807) is 11.3 Å². The number of hydrazine groups is 1. The summed E-state index contributed by atoms with van der Waals surface area (Å²) >= 11 is 1.63. The standard InChI is InChI=1S/C14H17N5OS/c1-8-4-5-10(20-8)7-19(3)12-11-6-9(2)21-13(11)17-14(16-12)18-15/h4-6H,7,15H2,1-3H3,(H,16,17,18). The lowest BCUT2D eigenvalue weighted by atomic mass is 10.3. The molecule has 0 aliphatic carbocycles. The third-order valence-electron chi connectivity index (χ3n) is 3.18. The number of nitrogens with zero attached hydrogens (tertiary/aromatic N) is 3. The van der Waals surface area contributed by atoms with Crippen molar-refractivity contribution in [2.24, 2.45) is 5.84 Å². The Morgan fingerprint density at radius 1 is 1.33 bits per heavy atom. The van der Waals surface area contributed by atoms with Crippen molar-refractivity contribution < 1.29 is 4.42 Å². The molecule has 0 spiro atoms. The molecule has 3 rings (SSSR count). The number of hydrogen-bond acceptors (Lipinski definition) is 7. The number of thiophene rings is 1. The number of furan rings is 1. The predicted molar refractivity (Wildman–Crippen MR) is 85.5 cm³/mol. The Labute approximate surface area is 126 Å². The molecule has 3 aromatic rings. The third-order valence-corrected chi connectivity index (χ3v) is 4.12. The SMILES string of the molecule is Cc1ccc(CN(C)c2nc(NN)nc3sc(C)cc23)o1. The smallest absolute Gasteiger partial charge is 0.240 e. The minimum Gasteiger partial charge on any atom is -0.464 e. The lowest BCUT2D eigenvalue weighted by Crippen LogP contribution is -2.19. The number of nitrogen functional groups attached to an aromatic ring is 1. The predicted octanol–water partition coefficient (Wildman–Crippen LogP) is 2.82. The molecule has 3 aromatic heterocycles. The van der Waals surface area contributed by atoms with Gasteiger partial charge in [-0.25, -0.2) is 10.8 Å². The number of nitrogens with one attached hydrogen (secondary N) is 1. The number of fused-ring (bicyclic) bond motifs is 1.